The van der Waals surface area contributed by atoms with Crippen LogP contribution in [-0.2, 0) is 13.1 Å². The van der Waals surface area contributed by atoms with Gasteiger partial charge in [0.2, 0.25) is 0 Å². The van der Waals surface area contributed by atoms with Crippen molar-refractivity contribution in [3.63, 3.8) is 0 Å². The number of anilines is 3. The molecule has 1 aliphatic heterocycles. The van der Waals surface area contributed by atoms with Crippen LogP contribution in [0.3, 0.4) is 0 Å². The molecule has 1 aliphatic rings. The first kappa shape index (κ1) is 21.0. The number of hydrogen-bond acceptors (Lipinski definition) is 3. The Morgan fingerprint density at radius 3 is 2.26 bits per heavy atom. The van der Waals surface area contributed by atoms with Crippen LogP contribution >= 0.6 is 0 Å². The smallest absolute Gasteiger partial charge is 0.329 e. The largest absolute Gasteiger partial charge is 0.370 e. The fourth-order valence-electron chi connectivity index (χ4n) is 4.24. The molecular formula is C23H28FN5O2. The molecule has 1 aromatic heterocycles. The number of halogens is 1. The lowest BCUT2D eigenvalue weighted by atomic mass is 10.2. The van der Waals surface area contributed by atoms with Gasteiger partial charge in [0.1, 0.15) is 5.82 Å². The maximum Gasteiger partial charge on any atom is 0.329 e. The molecule has 2 N–H and O–H groups in total. The van der Waals surface area contributed by atoms with Crippen molar-refractivity contribution in [2.45, 2.75) is 46.7 Å². The first-order chi connectivity index (χ1) is 14.9. The number of urea groups is 1. The van der Waals surface area contributed by atoms with E-state index in [1.165, 1.54) is 6.07 Å². The molecule has 1 fully saturated rings. The van der Waals surface area contributed by atoms with Crippen molar-refractivity contribution < 1.29 is 9.18 Å². The van der Waals surface area contributed by atoms with E-state index in [-0.39, 0.29) is 11.5 Å². The number of aromatic nitrogens is 2. The Morgan fingerprint density at radius 2 is 1.65 bits per heavy atom. The van der Waals surface area contributed by atoms with E-state index in [2.05, 4.69) is 15.5 Å². The normalized spacial score (nSPS) is 13.7. The molecule has 7 nitrogen and oxygen atoms in total. The van der Waals surface area contributed by atoms with Crippen LogP contribution in [0.5, 0.6) is 0 Å². The SMILES string of the molecule is CCn1c(=O)n(CC)c2cc(N3CCCC3)c(NC(=O)Nc3ccc(C)c(F)c3)cc21. The number of fused-ring (bicyclic) bond motifs is 1. The molecular weight excluding hydrogens is 397 g/mol. The number of aryl methyl sites for hydroxylation is 3. The Kier molecular flexibility index (Phi) is 5.71. The van der Waals surface area contributed by atoms with Gasteiger partial charge in [0.05, 0.1) is 22.4 Å². The Morgan fingerprint density at radius 1 is 1.00 bits per heavy atom. The van der Waals surface area contributed by atoms with Gasteiger partial charge in [0, 0.05) is 31.9 Å². The molecule has 0 radical (unpaired) electrons. The number of nitrogens with zero attached hydrogens (tertiary/aromatic N) is 3. The number of rotatable bonds is 5. The standard InChI is InChI=1S/C23H28FN5O2/c1-4-28-20-13-18(26-22(30)25-16-9-8-15(3)17(24)12-16)19(27-10-6-7-11-27)14-21(20)29(5-2)23(28)31/h8-9,12-14H,4-7,10-11H2,1-3H3,(H2,25,26,30). The first-order valence-corrected chi connectivity index (χ1v) is 10.8. The van der Waals surface area contributed by atoms with Crippen molar-refractivity contribution in [1.82, 2.24) is 9.13 Å². The Bertz CT molecular complexity index is 1190. The predicted octanol–water partition coefficient (Wildman–Crippen LogP) is 4.53. The van der Waals surface area contributed by atoms with Crippen molar-refractivity contribution in [3.8, 4) is 0 Å². The molecule has 0 saturated carbocycles. The van der Waals surface area contributed by atoms with Crippen molar-refractivity contribution in [2.75, 3.05) is 28.6 Å². The molecule has 0 bridgehead atoms. The molecule has 164 valence electrons. The minimum atomic E-state index is -0.455. The quantitative estimate of drug-likeness (QED) is 0.631. The summed E-state index contributed by atoms with van der Waals surface area (Å²) in [5, 5.41) is 5.62. The fraction of sp³-hybridized carbons (Fsp3) is 0.391. The van der Waals surface area contributed by atoms with Gasteiger partial charge < -0.3 is 15.5 Å². The van der Waals surface area contributed by atoms with E-state index < -0.39 is 6.03 Å². The molecule has 0 unspecified atom stereocenters. The zero-order valence-electron chi connectivity index (χ0n) is 18.2. The summed E-state index contributed by atoms with van der Waals surface area (Å²) in [6.45, 7) is 8.48. The van der Waals surface area contributed by atoms with Gasteiger partial charge >= 0.3 is 11.7 Å². The maximum atomic E-state index is 13.8. The first-order valence-electron chi connectivity index (χ1n) is 10.8. The molecule has 4 rings (SSSR count). The van der Waals surface area contributed by atoms with Crippen LogP contribution in [0.25, 0.3) is 11.0 Å². The summed E-state index contributed by atoms with van der Waals surface area (Å²) in [5.41, 5.74) is 4.03. The van der Waals surface area contributed by atoms with Gasteiger partial charge in [-0.15, -0.1) is 0 Å². The molecule has 0 aliphatic carbocycles. The van der Waals surface area contributed by atoms with Gasteiger partial charge in [0.15, 0.2) is 0 Å². The minimum Gasteiger partial charge on any atom is -0.370 e. The predicted molar refractivity (Wildman–Crippen MR) is 123 cm³/mol. The molecule has 8 heteroatoms. The summed E-state index contributed by atoms with van der Waals surface area (Å²) in [6, 6.07) is 8.01. The number of nitrogens with one attached hydrogen (secondary N) is 2. The third-order valence-corrected chi connectivity index (χ3v) is 5.89. The van der Waals surface area contributed by atoms with Crippen molar-refractivity contribution >= 4 is 34.1 Å². The van der Waals surface area contributed by atoms with Crippen LogP contribution < -0.4 is 21.2 Å². The highest BCUT2D eigenvalue weighted by Crippen LogP contribution is 2.33. The summed E-state index contributed by atoms with van der Waals surface area (Å²) in [5.74, 6) is -0.371. The fourth-order valence-corrected chi connectivity index (χ4v) is 4.24. The van der Waals surface area contributed by atoms with E-state index in [1.807, 2.05) is 26.0 Å². The van der Waals surface area contributed by atoms with Crippen molar-refractivity contribution in [2.24, 2.45) is 0 Å². The van der Waals surface area contributed by atoms with Crippen LogP contribution in [0.1, 0.15) is 32.3 Å². The summed E-state index contributed by atoms with van der Waals surface area (Å²) in [7, 11) is 0. The minimum absolute atomic E-state index is 0.0518. The lowest BCUT2D eigenvalue weighted by Gasteiger charge is -2.22. The second-order valence-corrected chi connectivity index (χ2v) is 7.87. The van der Waals surface area contributed by atoms with E-state index in [4.69, 9.17) is 0 Å². The Labute approximate surface area is 180 Å². The van der Waals surface area contributed by atoms with Crippen LogP contribution in [0, 0.1) is 12.7 Å². The molecule has 2 amide bonds. The molecule has 31 heavy (non-hydrogen) atoms. The van der Waals surface area contributed by atoms with E-state index >= 15 is 0 Å². The van der Waals surface area contributed by atoms with E-state index in [1.54, 1.807) is 28.2 Å². The highest BCUT2D eigenvalue weighted by molar-refractivity contribution is 6.04. The highest BCUT2D eigenvalue weighted by atomic mass is 19.1. The summed E-state index contributed by atoms with van der Waals surface area (Å²) < 4.78 is 17.3. The van der Waals surface area contributed by atoms with E-state index in [9.17, 15) is 14.0 Å². The Balaban J connectivity index is 1.73. The number of hydrogen-bond donors (Lipinski definition) is 2. The second-order valence-electron chi connectivity index (χ2n) is 7.87. The van der Waals surface area contributed by atoms with Crippen molar-refractivity contribution in [1.29, 1.82) is 0 Å². The van der Waals surface area contributed by atoms with Gasteiger partial charge in [-0.25, -0.2) is 14.0 Å². The molecule has 2 heterocycles. The number of carbonyl (C=O) groups excluding carboxylic acids is 1. The maximum absolute atomic E-state index is 13.8. The van der Waals surface area contributed by atoms with Crippen molar-refractivity contribution in [3.05, 3.63) is 52.2 Å². The Hall–Kier alpha value is -3.29. The number of imidazole rings is 1. The number of carbonyl (C=O) groups is 1. The van der Waals surface area contributed by atoms with E-state index in [0.29, 0.717) is 30.0 Å². The van der Waals surface area contributed by atoms with Gasteiger partial charge in [-0.1, -0.05) is 6.07 Å². The zero-order chi connectivity index (χ0) is 22.1. The topological polar surface area (TPSA) is 71.3 Å². The van der Waals surface area contributed by atoms with Gasteiger partial charge in [-0.3, -0.25) is 9.13 Å². The lowest BCUT2D eigenvalue weighted by Crippen LogP contribution is -2.24. The number of benzene rings is 2. The van der Waals surface area contributed by atoms with Crippen LogP contribution in [0.15, 0.2) is 35.1 Å². The molecule has 1 saturated heterocycles. The molecule has 3 aromatic rings. The van der Waals surface area contributed by atoms with Crippen LogP contribution in [-0.4, -0.2) is 28.3 Å². The van der Waals surface area contributed by atoms with Crippen LogP contribution in [0.2, 0.25) is 0 Å². The summed E-state index contributed by atoms with van der Waals surface area (Å²) in [6.07, 6.45) is 2.17. The van der Waals surface area contributed by atoms with E-state index in [0.717, 1.165) is 42.7 Å². The van der Waals surface area contributed by atoms with Crippen LogP contribution in [0.4, 0.5) is 26.2 Å². The average Bonchev–Trinajstić information content (AvgIpc) is 3.35. The second kappa shape index (κ2) is 8.45. The molecule has 2 aromatic carbocycles. The molecule has 0 spiro atoms. The monoisotopic (exact) mass is 425 g/mol. The highest BCUT2D eigenvalue weighted by Gasteiger charge is 2.21. The number of amides is 2. The average molecular weight is 426 g/mol. The third-order valence-electron chi connectivity index (χ3n) is 5.89. The zero-order valence-corrected chi connectivity index (χ0v) is 18.2. The lowest BCUT2D eigenvalue weighted by molar-refractivity contribution is 0.262. The van der Waals surface area contributed by atoms with Gasteiger partial charge in [-0.05, 0) is 63.4 Å². The third kappa shape index (κ3) is 3.89. The molecule has 0 atom stereocenters. The summed E-state index contributed by atoms with van der Waals surface area (Å²) in [4.78, 5) is 27.8. The summed E-state index contributed by atoms with van der Waals surface area (Å²) >= 11 is 0. The van der Waals surface area contributed by atoms with Gasteiger partial charge in [-0.2, -0.15) is 0 Å². The van der Waals surface area contributed by atoms with Gasteiger partial charge in [0.25, 0.3) is 0 Å².